The molecular weight excluding hydrogens is 227 g/mol. The van der Waals surface area contributed by atoms with Gasteiger partial charge in [0.1, 0.15) is 0 Å². The largest absolute Gasteiger partial charge is 0.491 e. The quantitative estimate of drug-likeness (QED) is 0.570. The number of ether oxygens (including phenoxy) is 1. The molecule has 1 aromatic rings. The predicted octanol–water partition coefficient (Wildman–Crippen LogP) is 5.30. The van der Waals surface area contributed by atoms with Crippen molar-refractivity contribution in [1.29, 1.82) is 0 Å². The number of hydrogen-bond donors (Lipinski definition) is 0. The molecule has 0 spiro atoms. The Balaban J connectivity index is 2.34. The minimum Gasteiger partial charge on any atom is -0.491 e. The van der Waals surface area contributed by atoms with E-state index in [2.05, 4.69) is 20.8 Å². The molecule has 0 bridgehead atoms. The van der Waals surface area contributed by atoms with E-state index < -0.39 is 0 Å². The van der Waals surface area contributed by atoms with Gasteiger partial charge in [-0.2, -0.15) is 0 Å². The summed E-state index contributed by atoms with van der Waals surface area (Å²) in [4.78, 5) is 0. The smallest absolute Gasteiger partial charge is 0.165 e. The SMILES string of the molecule is CCCCCCCOc1ccc(C(C)C)cc1F. The van der Waals surface area contributed by atoms with Crippen LogP contribution in [-0.4, -0.2) is 6.61 Å². The Morgan fingerprint density at radius 3 is 2.44 bits per heavy atom. The normalized spacial score (nSPS) is 10.9. The summed E-state index contributed by atoms with van der Waals surface area (Å²) in [7, 11) is 0. The van der Waals surface area contributed by atoms with Crippen molar-refractivity contribution in [2.75, 3.05) is 6.61 Å². The molecule has 0 saturated carbocycles. The molecule has 0 amide bonds. The lowest BCUT2D eigenvalue weighted by Gasteiger charge is -2.10. The molecule has 1 rings (SSSR count). The molecule has 18 heavy (non-hydrogen) atoms. The first-order valence-corrected chi connectivity index (χ1v) is 7.07. The van der Waals surface area contributed by atoms with Crippen LogP contribution in [0.2, 0.25) is 0 Å². The van der Waals surface area contributed by atoms with Crippen LogP contribution >= 0.6 is 0 Å². The number of rotatable bonds is 8. The zero-order valence-corrected chi connectivity index (χ0v) is 11.8. The summed E-state index contributed by atoms with van der Waals surface area (Å²) in [5, 5.41) is 0. The van der Waals surface area contributed by atoms with E-state index in [9.17, 15) is 4.39 Å². The van der Waals surface area contributed by atoms with Gasteiger partial charge in [-0.25, -0.2) is 4.39 Å². The summed E-state index contributed by atoms with van der Waals surface area (Å²) >= 11 is 0. The molecule has 102 valence electrons. The summed E-state index contributed by atoms with van der Waals surface area (Å²) in [5.41, 5.74) is 1.02. The molecule has 0 heterocycles. The van der Waals surface area contributed by atoms with Gasteiger partial charge in [0.2, 0.25) is 0 Å². The number of benzene rings is 1. The lowest BCUT2D eigenvalue weighted by molar-refractivity contribution is 0.290. The Kier molecular flexibility index (Phi) is 6.77. The van der Waals surface area contributed by atoms with Gasteiger partial charge in [-0.05, 0) is 30.0 Å². The Labute approximate surface area is 110 Å². The van der Waals surface area contributed by atoms with Crippen LogP contribution < -0.4 is 4.74 Å². The van der Waals surface area contributed by atoms with Crippen molar-refractivity contribution in [2.45, 2.75) is 58.8 Å². The van der Waals surface area contributed by atoms with Crippen molar-refractivity contribution < 1.29 is 9.13 Å². The van der Waals surface area contributed by atoms with Crippen LogP contribution in [0, 0.1) is 5.82 Å². The van der Waals surface area contributed by atoms with Crippen LogP contribution in [0.1, 0.15) is 64.4 Å². The summed E-state index contributed by atoms with van der Waals surface area (Å²) in [5.74, 6) is 0.493. The second-order valence-electron chi connectivity index (χ2n) is 5.11. The first kappa shape index (κ1) is 15.0. The average molecular weight is 252 g/mol. The predicted molar refractivity (Wildman–Crippen MR) is 74.7 cm³/mol. The van der Waals surface area contributed by atoms with Crippen LogP contribution in [0.15, 0.2) is 18.2 Å². The molecule has 0 fully saturated rings. The van der Waals surface area contributed by atoms with Crippen LogP contribution in [0.5, 0.6) is 5.75 Å². The zero-order chi connectivity index (χ0) is 13.4. The third kappa shape index (κ3) is 5.07. The highest BCUT2D eigenvalue weighted by Gasteiger charge is 2.06. The minimum atomic E-state index is -0.241. The lowest BCUT2D eigenvalue weighted by atomic mass is 10.0. The monoisotopic (exact) mass is 252 g/mol. The van der Waals surface area contributed by atoms with Crippen LogP contribution in [0.4, 0.5) is 4.39 Å². The van der Waals surface area contributed by atoms with Crippen LogP contribution in [-0.2, 0) is 0 Å². The summed E-state index contributed by atoms with van der Waals surface area (Å²) < 4.78 is 19.2. The highest BCUT2D eigenvalue weighted by molar-refractivity contribution is 5.30. The third-order valence-electron chi connectivity index (χ3n) is 3.13. The highest BCUT2D eigenvalue weighted by atomic mass is 19.1. The third-order valence-corrected chi connectivity index (χ3v) is 3.13. The molecule has 0 aliphatic carbocycles. The number of unbranched alkanes of at least 4 members (excludes halogenated alkanes) is 4. The molecule has 0 N–H and O–H groups in total. The first-order chi connectivity index (χ1) is 8.65. The van der Waals surface area contributed by atoms with Gasteiger partial charge in [0, 0.05) is 0 Å². The van der Waals surface area contributed by atoms with Crippen molar-refractivity contribution in [3.8, 4) is 5.75 Å². The summed E-state index contributed by atoms with van der Waals surface area (Å²) in [6.07, 6.45) is 5.93. The van der Waals surface area contributed by atoms with E-state index in [0.717, 1.165) is 12.0 Å². The van der Waals surface area contributed by atoms with Crippen molar-refractivity contribution in [3.05, 3.63) is 29.6 Å². The van der Waals surface area contributed by atoms with Gasteiger partial charge in [-0.1, -0.05) is 52.5 Å². The van der Waals surface area contributed by atoms with Crippen molar-refractivity contribution >= 4 is 0 Å². The number of halogens is 1. The molecule has 0 radical (unpaired) electrons. The molecule has 0 aliphatic rings. The van der Waals surface area contributed by atoms with E-state index in [1.165, 1.54) is 25.7 Å². The molecule has 1 aromatic carbocycles. The van der Waals surface area contributed by atoms with Crippen molar-refractivity contribution in [1.82, 2.24) is 0 Å². The second-order valence-corrected chi connectivity index (χ2v) is 5.11. The fraction of sp³-hybridized carbons (Fsp3) is 0.625. The zero-order valence-electron chi connectivity index (χ0n) is 11.8. The number of hydrogen-bond acceptors (Lipinski definition) is 1. The molecule has 0 atom stereocenters. The van der Waals surface area contributed by atoms with E-state index in [0.29, 0.717) is 18.3 Å². The van der Waals surface area contributed by atoms with Crippen molar-refractivity contribution in [2.24, 2.45) is 0 Å². The molecule has 0 saturated heterocycles. The van der Waals surface area contributed by atoms with E-state index >= 15 is 0 Å². The maximum atomic E-state index is 13.7. The molecule has 0 aromatic heterocycles. The van der Waals surface area contributed by atoms with Gasteiger partial charge >= 0.3 is 0 Å². The van der Waals surface area contributed by atoms with E-state index in [-0.39, 0.29) is 5.82 Å². The maximum absolute atomic E-state index is 13.7. The van der Waals surface area contributed by atoms with Gasteiger partial charge in [-0.3, -0.25) is 0 Å². The van der Waals surface area contributed by atoms with E-state index in [4.69, 9.17) is 4.74 Å². The Hall–Kier alpha value is -1.05. The fourth-order valence-electron chi connectivity index (χ4n) is 1.88. The average Bonchev–Trinajstić information content (AvgIpc) is 2.35. The van der Waals surface area contributed by atoms with Crippen molar-refractivity contribution in [3.63, 3.8) is 0 Å². The standard InChI is InChI=1S/C16H25FO/c1-4-5-6-7-8-11-18-16-10-9-14(13(2)3)12-15(16)17/h9-10,12-13H,4-8,11H2,1-3H3. The fourth-order valence-corrected chi connectivity index (χ4v) is 1.88. The molecular formula is C16H25FO. The van der Waals surface area contributed by atoms with E-state index in [1.807, 2.05) is 6.07 Å². The minimum absolute atomic E-state index is 0.241. The van der Waals surface area contributed by atoms with Gasteiger partial charge in [-0.15, -0.1) is 0 Å². The molecule has 2 heteroatoms. The van der Waals surface area contributed by atoms with Crippen LogP contribution in [0.25, 0.3) is 0 Å². The molecule has 0 unspecified atom stereocenters. The highest BCUT2D eigenvalue weighted by Crippen LogP contribution is 2.23. The Morgan fingerprint density at radius 2 is 1.83 bits per heavy atom. The topological polar surface area (TPSA) is 9.23 Å². The van der Waals surface area contributed by atoms with Gasteiger partial charge < -0.3 is 4.74 Å². The first-order valence-electron chi connectivity index (χ1n) is 7.07. The Bertz CT molecular complexity index is 347. The van der Waals surface area contributed by atoms with Gasteiger partial charge in [0.05, 0.1) is 6.61 Å². The lowest BCUT2D eigenvalue weighted by Crippen LogP contribution is -2.00. The second kappa shape index (κ2) is 8.12. The molecule has 0 aliphatic heterocycles. The van der Waals surface area contributed by atoms with E-state index in [1.54, 1.807) is 12.1 Å². The van der Waals surface area contributed by atoms with Gasteiger partial charge in [0.15, 0.2) is 11.6 Å². The van der Waals surface area contributed by atoms with Crippen LogP contribution in [0.3, 0.4) is 0 Å². The maximum Gasteiger partial charge on any atom is 0.165 e. The van der Waals surface area contributed by atoms with Gasteiger partial charge in [0.25, 0.3) is 0 Å². The summed E-state index contributed by atoms with van der Waals surface area (Å²) in [6.45, 7) is 6.93. The summed E-state index contributed by atoms with van der Waals surface area (Å²) in [6, 6.07) is 5.27. The molecule has 1 nitrogen and oxygen atoms in total. The Morgan fingerprint density at radius 1 is 1.11 bits per heavy atom.